The topological polar surface area (TPSA) is 134 Å². The first kappa shape index (κ1) is 23.3. The standard InChI is InChI=1S/C23H25N3O5/c1-3-26(13-12-20(27)28)22(29)15(2)14-16-4-6-18(7-5-16)23(30)31-19-10-8-17(9-11-19)21(24)25/h4-11,14H,3,12-13H2,1-2H3,(H3,24,25)(H,27,28)/b15-14+. The number of carbonyl (C=O) groups excluding carboxylic acids is 2. The Morgan fingerprint density at radius 3 is 2.16 bits per heavy atom. The van der Waals surface area contributed by atoms with Crippen LogP contribution in [-0.2, 0) is 9.59 Å². The van der Waals surface area contributed by atoms with Gasteiger partial charge in [-0.05, 0) is 61.9 Å². The number of likely N-dealkylation sites (N-methyl/N-ethyl adjacent to an activating group) is 1. The minimum Gasteiger partial charge on any atom is -0.481 e. The van der Waals surface area contributed by atoms with E-state index in [1.54, 1.807) is 68.5 Å². The number of esters is 1. The third kappa shape index (κ3) is 6.81. The van der Waals surface area contributed by atoms with Crippen LogP contribution in [0.15, 0.2) is 54.1 Å². The highest BCUT2D eigenvalue weighted by Gasteiger charge is 2.15. The summed E-state index contributed by atoms with van der Waals surface area (Å²) in [5, 5.41) is 16.2. The third-order valence-electron chi connectivity index (χ3n) is 4.51. The second-order valence-corrected chi connectivity index (χ2v) is 6.81. The fraction of sp³-hybridized carbons (Fsp3) is 0.217. The molecule has 0 aliphatic heterocycles. The number of aliphatic carboxylic acids is 1. The molecule has 31 heavy (non-hydrogen) atoms. The zero-order valence-corrected chi connectivity index (χ0v) is 17.4. The highest BCUT2D eigenvalue weighted by Crippen LogP contribution is 2.16. The fourth-order valence-corrected chi connectivity index (χ4v) is 2.78. The van der Waals surface area contributed by atoms with Crippen molar-refractivity contribution < 1.29 is 24.2 Å². The Morgan fingerprint density at radius 1 is 1.06 bits per heavy atom. The Labute approximate surface area is 180 Å². The van der Waals surface area contributed by atoms with E-state index in [0.717, 1.165) is 5.56 Å². The van der Waals surface area contributed by atoms with E-state index in [-0.39, 0.29) is 24.7 Å². The van der Waals surface area contributed by atoms with Crippen LogP contribution < -0.4 is 10.5 Å². The van der Waals surface area contributed by atoms with Gasteiger partial charge in [-0.3, -0.25) is 15.0 Å². The van der Waals surface area contributed by atoms with Gasteiger partial charge in [0.15, 0.2) is 0 Å². The maximum absolute atomic E-state index is 12.5. The number of ether oxygens (including phenoxy) is 1. The molecule has 0 heterocycles. The lowest BCUT2D eigenvalue weighted by atomic mass is 10.1. The van der Waals surface area contributed by atoms with Gasteiger partial charge in [-0.25, -0.2) is 4.79 Å². The highest BCUT2D eigenvalue weighted by molar-refractivity contribution is 5.98. The van der Waals surface area contributed by atoms with Crippen LogP contribution in [0.1, 0.15) is 41.8 Å². The number of nitrogens with two attached hydrogens (primary N) is 1. The zero-order valence-electron chi connectivity index (χ0n) is 17.4. The zero-order chi connectivity index (χ0) is 23.0. The van der Waals surface area contributed by atoms with E-state index < -0.39 is 11.9 Å². The van der Waals surface area contributed by atoms with Gasteiger partial charge < -0.3 is 20.5 Å². The summed E-state index contributed by atoms with van der Waals surface area (Å²) in [6.45, 7) is 4.02. The van der Waals surface area contributed by atoms with Crippen molar-refractivity contribution in [2.45, 2.75) is 20.3 Å². The molecular weight excluding hydrogens is 398 g/mol. The first-order chi connectivity index (χ1) is 14.7. The van der Waals surface area contributed by atoms with Gasteiger partial charge in [-0.15, -0.1) is 0 Å². The normalized spacial score (nSPS) is 11.0. The molecule has 8 nitrogen and oxygen atoms in total. The second kappa shape index (κ2) is 10.7. The van der Waals surface area contributed by atoms with E-state index in [4.69, 9.17) is 21.0 Å². The van der Waals surface area contributed by atoms with Gasteiger partial charge in [0.05, 0.1) is 12.0 Å². The Morgan fingerprint density at radius 2 is 1.65 bits per heavy atom. The molecule has 0 bridgehead atoms. The summed E-state index contributed by atoms with van der Waals surface area (Å²) < 4.78 is 5.31. The molecule has 0 aliphatic carbocycles. The van der Waals surface area contributed by atoms with Gasteiger partial charge in [0.1, 0.15) is 11.6 Å². The minimum atomic E-state index is -0.954. The van der Waals surface area contributed by atoms with E-state index in [1.165, 1.54) is 4.90 Å². The van der Waals surface area contributed by atoms with Crippen molar-refractivity contribution in [1.29, 1.82) is 5.41 Å². The van der Waals surface area contributed by atoms with Crippen molar-refractivity contribution in [3.05, 3.63) is 70.8 Å². The molecule has 1 amide bonds. The van der Waals surface area contributed by atoms with Gasteiger partial charge in [0.25, 0.3) is 0 Å². The second-order valence-electron chi connectivity index (χ2n) is 6.81. The molecule has 0 radical (unpaired) electrons. The number of nitrogens with zero attached hydrogens (tertiary/aromatic N) is 1. The Bertz CT molecular complexity index is 995. The van der Waals surface area contributed by atoms with Crippen molar-refractivity contribution in [1.82, 2.24) is 4.90 Å². The van der Waals surface area contributed by atoms with Gasteiger partial charge in [0.2, 0.25) is 5.91 Å². The van der Waals surface area contributed by atoms with Gasteiger partial charge in [-0.1, -0.05) is 12.1 Å². The van der Waals surface area contributed by atoms with Crippen molar-refractivity contribution >= 4 is 29.8 Å². The summed E-state index contributed by atoms with van der Waals surface area (Å²) in [5.41, 5.74) is 7.46. The van der Waals surface area contributed by atoms with E-state index >= 15 is 0 Å². The average Bonchev–Trinajstić information content (AvgIpc) is 2.74. The maximum atomic E-state index is 12.5. The van der Waals surface area contributed by atoms with E-state index in [2.05, 4.69) is 0 Å². The highest BCUT2D eigenvalue weighted by atomic mass is 16.5. The predicted molar refractivity (Wildman–Crippen MR) is 117 cm³/mol. The number of carbonyl (C=O) groups is 3. The fourth-order valence-electron chi connectivity index (χ4n) is 2.78. The van der Waals surface area contributed by atoms with Crippen molar-refractivity contribution in [3.8, 4) is 5.75 Å². The number of hydrogen-bond donors (Lipinski definition) is 3. The monoisotopic (exact) mass is 423 g/mol. The summed E-state index contributed by atoms with van der Waals surface area (Å²) in [6.07, 6.45) is 1.57. The number of benzene rings is 2. The Balaban J connectivity index is 2.04. The van der Waals surface area contributed by atoms with Gasteiger partial charge >= 0.3 is 11.9 Å². The van der Waals surface area contributed by atoms with Crippen molar-refractivity contribution in [3.63, 3.8) is 0 Å². The van der Waals surface area contributed by atoms with Crippen LogP contribution in [0, 0.1) is 5.41 Å². The maximum Gasteiger partial charge on any atom is 0.343 e. The van der Waals surface area contributed by atoms with Crippen LogP contribution in [-0.4, -0.2) is 46.8 Å². The van der Waals surface area contributed by atoms with Crippen molar-refractivity contribution in [2.75, 3.05) is 13.1 Å². The molecule has 0 aliphatic rings. The number of carboxylic acid groups (broad SMARTS) is 1. The van der Waals surface area contributed by atoms with E-state index in [0.29, 0.717) is 29.0 Å². The van der Waals surface area contributed by atoms with Crippen LogP contribution in [0.3, 0.4) is 0 Å². The predicted octanol–water partition coefficient (Wildman–Crippen LogP) is 2.92. The molecule has 0 saturated carbocycles. The Hall–Kier alpha value is -3.94. The lowest BCUT2D eigenvalue weighted by Crippen LogP contribution is -2.33. The number of nitrogens with one attached hydrogen (secondary N) is 1. The number of nitrogen functional groups attached to an aromatic ring is 1. The molecule has 0 spiro atoms. The summed E-state index contributed by atoms with van der Waals surface area (Å²) in [4.78, 5) is 37.0. The molecular formula is C23H25N3O5. The number of rotatable bonds is 9. The molecule has 0 atom stereocenters. The van der Waals surface area contributed by atoms with E-state index in [9.17, 15) is 14.4 Å². The number of hydrogen-bond acceptors (Lipinski definition) is 5. The largest absolute Gasteiger partial charge is 0.481 e. The molecule has 8 heteroatoms. The molecule has 0 aromatic heterocycles. The van der Waals surface area contributed by atoms with Crippen LogP contribution >= 0.6 is 0 Å². The quantitative estimate of drug-likeness (QED) is 0.187. The molecule has 2 rings (SSSR count). The van der Waals surface area contributed by atoms with E-state index in [1.807, 2.05) is 0 Å². The molecule has 0 saturated heterocycles. The first-order valence-electron chi connectivity index (χ1n) is 9.67. The lowest BCUT2D eigenvalue weighted by molar-refractivity contribution is -0.138. The number of amides is 1. The van der Waals surface area contributed by atoms with Crippen LogP contribution in [0.25, 0.3) is 6.08 Å². The smallest absolute Gasteiger partial charge is 0.343 e. The molecule has 4 N–H and O–H groups in total. The van der Waals surface area contributed by atoms with Crippen LogP contribution in [0.4, 0.5) is 0 Å². The summed E-state index contributed by atoms with van der Waals surface area (Å²) in [5.74, 6) is -1.46. The summed E-state index contributed by atoms with van der Waals surface area (Å²) >= 11 is 0. The van der Waals surface area contributed by atoms with Gasteiger partial charge in [-0.2, -0.15) is 0 Å². The SMILES string of the molecule is CCN(CCC(=O)O)C(=O)/C(C)=C/c1ccc(C(=O)Oc2ccc(C(=N)N)cc2)cc1. The van der Waals surface area contributed by atoms with Gasteiger partial charge in [0, 0.05) is 24.2 Å². The average molecular weight is 423 g/mol. The molecule has 2 aromatic carbocycles. The van der Waals surface area contributed by atoms with Crippen LogP contribution in [0.2, 0.25) is 0 Å². The summed E-state index contributed by atoms with van der Waals surface area (Å²) in [7, 11) is 0. The van der Waals surface area contributed by atoms with Crippen molar-refractivity contribution in [2.24, 2.45) is 5.73 Å². The number of carboxylic acids is 1. The molecule has 162 valence electrons. The molecule has 2 aromatic rings. The summed E-state index contributed by atoms with van der Waals surface area (Å²) in [6, 6.07) is 12.9. The number of amidine groups is 1. The molecule has 0 fully saturated rings. The Kier molecular flexibility index (Phi) is 8.08. The first-order valence-corrected chi connectivity index (χ1v) is 9.67. The molecule has 0 unspecified atom stereocenters. The van der Waals surface area contributed by atoms with Crippen LogP contribution in [0.5, 0.6) is 5.75 Å². The lowest BCUT2D eigenvalue weighted by Gasteiger charge is -2.20. The third-order valence-corrected chi connectivity index (χ3v) is 4.51. The minimum absolute atomic E-state index is 0.0701.